The number of nitrogens with one attached hydrogen (secondary N) is 1. The second-order valence-corrected chi connectivity index (χ2v) is 7.07. The fourth-order valence-electron chi connectivity index (χ4n) is 3.71. The van der Waals surface area contributed by atoms with Gasteiger partial charge >= 0.3 is 5.97 Å². The summed E-state index contributed by atoms with van der Waals surface area (Å²) in [7, 11) is 0. The molecule has 0 spiro atoms. The summed E-state index contributed by atoms with van der Waals surface area (Å²) in [5.41, 5.74) is 3.54. The molecule has 1 saturated heterocycles. The number of nitrogens with zero attached hydrogens (tertiary/aromatic N) is 1. The molecule has 7 nitrogen and oxygen atoms in total. The molecule has 2 heterocycles. The maximum Gasteiger partial charge on any atom is 0.335 e. The minimum Gasteiger partial charge on any atom is -0.478 e. The monoisotopic (exact) mass is 378 g/mol. The van der Waals surface area contributed by atoms with Crippen LogP contribution in [-0.4, -0.2) is 39.7 Å². The summed E-state index contributed by atoms with van der Waals surface area (Å²) in [6.45, 7) is 0.355. The molecule has 1 unspecified atom stereocenters. The zero-order valence-corrected chi connectivity index (χ0v) is 15.0. The van der Waals surface area contributed by atoms with Crippen LogP contribution in [0, 0.1) is 0 Å². The minimum absolute atomic E-state index is 0.201. The zero-order chi connectivity index (χ0) is 19.8. The van der Waals surface area contributed by atoms with Crippen LogP contribution >= 0.6 is 0 Å². The number of carbonyl (C=O) groups excluding carboxylic acids is 3. The van der Waals surface area contributed by atoms with Crippen LogP contribution in [0.15, 0.2) is 42.5 Å². The highest BCUT2D eigenvalue weighted by atomic mass is 16.4. The lowest BCUT2D eigenvalue weighted by Crippen LogP contribution is -2.52. The number of fused-ring (bicyclic) bond motifs is 1. The van der Waals surface area contributed by atoms with Crippen molar-refractivity contribution in [3.8, 4) is 0 Å². The normalized spacial score (nSPS) is 18.8. The molecule has 2 aliphatic heterocycles. The van der Waals surface area contributed by atoms with E-state index < -0.39 is 17.9 Å². The number of carboxylic acid groups (broad SMARTS) is 1. The van der Waals surface area contributed by atoms with E-state index in [2.05, 4.69) is 5.32 Å². The van der Waals surface area contributed by atoms with E-state index >= 15 is 0 Å². The lowest BCUT2D eigenvalue weighted by Gasteiger charge is -2.29. The van der Waals surface area contributed by atoms with Gasteiger partial charge in [-0.1, -0.05) is 24.3 Å². The van der Waals surface area contributed by atoms with Crippen LogP contribution in [0.1, 0.15) is 50.2 Å². The predicted molar refractivity (Wildman–Crippen MR) is 98.7 cm³/mol. The molecule has 7 heteroatoms. The van der Waals surface area contributed by atoms with Crippen molar-refractivity contribution < 1.29 is 24.3 Å². The van der Waals surface area contributed by atoms with Crippen molar-refractivity contribution in [1.29, 1.82) is 0 Å². The van der Waals surface area contributed by atoms with E-state index in [9.17, 15) is 19.2 Å². The van der Waals surface area contributed by atoms with Crippen LogP contribution in [-0.2, 0) is 22.6 Å². The van der Waals surface area contributed by atoms with Gasteiger partial charge in [0.1, 0.15) is 6.04 Å². The van der Waals surface area contributed by atoms with E-state index in [1.165, 1.54) is 4.90 Å². The van der Waals surface area contributed by atoms with E-state index in [1.807, 2.05) is 18.2 Å². The highest BCUT2D eigenvalue weighted by Crippen LogP contribution is 2.28. The van der Waals surface area contributed by atoms with E-state index in [1.54, 1.807) is 24.3 Å². The maximum atomic E-state index is 12.8. The van der Waals surface area contributed by atoms with E-state index in [0.717, 1.165) is 16.7 Å². The molecule has 2 N–H and O–H groups in total. The van der Waals surface area contributed by atoms with Gasteiger partial charge in [0.2, 0.25) is 11.8 Å². The summed E-state index contributed by atoms with van der Waals surface area (Å²) in [6.07, 6.45) is 1.14. The Hall–Kier alpha value is -3.48. The van der Waals surface area contributed by atoms with Crippen LogP contribution < -0.4 is 5.32 Å². The Morgan fingerprint density at radius 1 is 1.07 bits per heavy atom. The number of aromatic carboxylic acids is 1. The lowest BCUT2D eigenvalue weighted by molar-refractivity contribution is -0.136. The number of amides is 3. The molecule has 1 fully saturated rings. The average Bonchev–Trinajstić information content (AvgIpc) is 2.98. The summed E-state index contributed by atoms with van der Waals surface area (Å²) < 4.78 is 0. The third-order valence-electron chi connectivity index (χ3n) is 5.20. The standard InChI is InChI=1S/C21H18N2O5/c24-18-8-7-17(19(25)22-18)23-11-15-6-3-13(10-16(15)20(23)26)9-12-1-4-14(5-2-12)21(27)28/h1-6,10,17H,7-9,11H2,(H,27,28)(H,22,24,25). The molecule has 0 aliphatic carbocycles. The van der Waals surface area contributed by atoms with E-state index in [4.69, 9.17) is 5.11 Å². The number of hydrogen-bond donors (Lipinski definition) is 2. The first-order chi connectivity index (χ1) is 13.4. The molecule has 28 heavy (non-hydrogen) atoms. The van der Waals surface area contributed by atoms with Gasteiger partial charge in [-0.15, -0.1) is 0 Å². The summed E-state index contributed by atoms with van der Waals surface area (Å²) >= 11 is 0. The molecule has 0 bridgehead atoms. The molecule has 4 rings (SSSR count). The first-order valence-corrected chi connectivity index (χ1v) is 9.01. The van der Waals surface area contributed by atoms with Gasteiger partial charge in [-0.3, -0.25) is 19.7 Å². The van der Waals surface area contributed by atoms with Crippen molar-refractivity contribution in [1.82, 2.24) is 10.2 Å². The van der Waals surface area contributed by atoms with Gasteiger partial charge in [0.15, 0.2) is 0 Å². The molecule has 1 atom stereocenters. The molecule has 0 aromatic heterocycles. The van der Waals surface area contributed by atoms with Gasteiger partial charge in [0.25, 0.3) is 5.91 Å². The predicted octanol–water partition coefficient (Wildman–Crippen LogP) is 1.74. The van der Waals surface area contributed by atoms with Gasteiger partial charge < -0.3 is 10.0 Å². The summed E-state index contributed by atoms with van der Waals surface area (Å²) in [4.78, 5) is 48.8. The van der Waals surface area contributed by atoms with Crippen molar-refractivity contribution >= 4 is 23.7 Å². The summed E-state index contributed by atoms with van der Waals surface area (Å²) in [5.74, 6) is -1.89. The highest BCUT2D eigenvalue weighted by molar-refractivity contribution is 6.05. The molecule has 2 aromatic rings. The number of carbonyl (C=O) groups is 4. The Balaban J connectivity index is 1.52. The van der Waals surface area contributed by atoms with Crippen LogP contribution in [0.25, 0.3) is 0 Å². The molecule has 142 valence electrons. The Labute approximate surface area is 161 Å². The smallest absolute Gasteiger partial charge is 0.335 e. The molecule has 2 aliphatic rings. The topological polar surface area (TPSA) is 104 Å². The SMILES string of the molecule is O=C1CCC(N2Cc3ccc(Cc4ccc(C(=O)O)cc4)cc3C2=O)C(=O)N1. The third kappa shape index (κ3) is 3.26. The minimum atomic E-state index is -0.969. The Morgan fingerprint density at radius 2 is 1.79 bits per heavy atom. The number of piperidine rings is 1. The zero-order valence-electron chi connectivity index (χ0n) is 15.0. The largest absolute Gasteiger partial charge is 0.478 e. The molecule has 2 aromatic carbocycles. The van der Waals surface area contributed by atoms with Crippen molar-refractivity contribution in [2.45, 2.75) is 31.8 Å². The number of carboxylic acids is 1. The maximum absolute atomic E-state index is 12.8. The van der Waals surface area contributed by atoms with Crippen molar-refractivity contribution in [2.75, 3.05) is 0 Å². The average molecular weight is 378 g/mol. The fraction of sp³-hybridized carbons (Fsp3) is 0.238. The number of hydrogen-bond acceptors (Lipinski definition) is 4. The first-order valence-electron chi connectivity index (χ1n) is 9.01. The quantitative estimate of drug-likeness (QED) is 0.789. The Bertz CT molecular complexity index is 996. The van der Waals surface area contributed by atoms with Crippen molar-refractivity contribution in [3.63, 3.8) is 0 Å². The second kappa shape index (κ2) is 6.92. The number of benzene rings is 2. The van der Waals surface area contributed by atoms with Gasteiger partial charge in [-0.25, -0.2) is 4.79 Å². The molecule has 0 radical (unpaired) electrons. The van der Waals surface area contributed by atoms with Crippen LogP contribution in [0.4, 0.5) is 0 Å². The molecule has 0 saturated carbocycles. The first kappa shape index (κ1) is 17.9. The third-order valence-corrected chi connectivity index (χ3v) is 5.20. The summed E-state index contributed by atoms with van der Waals surface area (Å²) in [5, 5.41) is 11.3. The van der Waals surface area contributed by atoms with Crippen LogP contribution in [0.5, 0.6) is 0 Å². The molecular formula is C21H18N2O5. The Morgan fingerprint density at radius 3 is 2.46 bits per heavy atom. The molecular weight excluding hydrogens is 360 g/mol. The fourth-order valence-corrected chi connectivity index (χ4v) is 3.71. The van der Waals surface area contributed by atoms with E-state index in [-0.39, 0.29) is 23.8 Å². The van der Waals surface area contributed by atoms with Crippen molar-refractivity contribution in [3.05, 3.63) is 70.3 Å². The van der Waals surface area contributed by atoms with Crippen molar-refractivity contribution in [2.24, 2.45) is 0 Å². The molecule has 3 amide bonds. The van der Waals surface area contributed by atoms with Gasteiger partial charge in [-0.2, -0.15) is 0 Å². The van der Waals surface area contributed by atoms with E-state index in [0.29, 0.717) is 24.9 Å². The number of imide groups is 1. The lowest BCUT2D eigenvalue weighted by atomic mass is 9.99. The van der Waals surface area contributed by atoms with Crippen LogP contribution in [0.3, 0.4) is 0 Å². The Kier molecular flexibility index (Phi) is 4.43. The number of rotatable bonds is 4. The van der Waals surface area contributed by atoms with Gasteiger partial charge in [0.05, 0.1) is 5.56 Å². The second-order valence-electron chi connectivity index (χ2n) is 7.07. The summed E-state index contributed by atoms with van der Waals surface area (Å²) in [6, 6.07) is 11.7. The van der Waals surface area contributed by atoms with Gasteiger partial charge in [-0.05, 0) is 47.7 Å². The highest BCUT2D eigenvalue weighted by Gasteiger charge is 2.39. The van der Waals surface area contributed by atoms with Crippen LogP contribution in [0.2, 0.25) is 0 Å². The van der Waals surface area contributed by atoms with Gasteiger partial charge in [0, 0.05) is 18.5 Å².